The number of hydrogen-bond donors (Lipinski definition) is 1. The molecule has 2 aliphatic heterocycles. The molecule has 2 aromatic rings. The smallest absolute Gasteiger partial charge is 0.247 e. The average molecular weight is 377 g/mol. The van der Waals surface area contributed by atoms with Crippen molar-refractivity contribution < 1.29 is 13.2 Å². The summed E-state index contributed by atoms with van der Waals surface area (Å²) >= 11 is 0. The Labute approximate surface area is 153 Å². The van der Waals surface area contributed by atoms with Gasteiger partial charge in [-0.3, -0.25) is 0 Å². The van der Waals surface area contributed by atoms with E-state index in [1.165, 1.54) is 6.20 Å². The molecule has 1 fully saturated rings. The van der Waals surface area contributed by atoms with Crippen LogP contribution in [0.3, 0.4) is 0 Å². The minimum atomic E-state index is -3.64. The summed E-state index contributed by atoms with van der Waals surface area (Å²) in [7, 11) is -3.64. The Kier molecular flexibility index (Phi) is 4.58. The molecule has 9 heteroatoms. The molecule has 0 aliphatic carbocycles. The van der Waals surface area contributed by atoms with Crippen LogP contribution in [0.15, 0.2) is 29.4 Å². The van der Waals surface area contributed by atoms with Crippen molar-refractivity contribution in [1.82, 2.24) is 19.5 Å². The van der Waals surface area contributed by atoms with Crippen molar-refractivity contribution in [3.63, 3.8) is 0 Å². The predicted molar refractivity (Wildman–Crippen MR) is 96.9 cm³/mol. The zero-order chi connectivity index (χ0) is 18.1. The van der Waals surface area contributed by atoms with E-state index >= 15 is 0 Å². The van der Waals surface area contributed by atoms with E-state index in [2.05, 4.69) is 19.7 Å². The maximum absolute atomic E-state index is 12.8. The molecule has 0 spiro atoms. The molecule has 8 nitrogen and oxygen atoms in total. The summed E-state index contributed by atoms with van der Waals surface area (Å²) in [6, 6.07) is 3.96. The molecule has 1 saturated heterocycles. The fourth-order valence-electron chi connectivity index (χ4n) is 3.39. The van der Waals surface area contributed by atoms with Gasteiger partial charge >= 0.3 is 0 Å². The average Bonchev–Trinajstić information content (AvgIpc) is 3.08. The maximum Gasteiger partial charge on any atom is 0.247 e. The zero-order valence-electron chi connectivity index (χ0n) is 14.8. The second kappa shape index (κ2) is 6.88. The van der Waals surface area contributed by atoms with Crippen molar-refractivity contribution in [2.24, 2.45) is 0 Å². The number of aryl methyl sites for hydroxylation is 2. The third-order valence-corrected chi connectivity index (χ3v) is 6.34. The number of sulfonamides is 1. The first kappa shape index (κ1) is 17.3. The number of fused-ring (bicyclic) bond motifs is 1. The lowest BCUT2D eigenvalue weighted by Gasteiger charge is -2.33. The molecule has 1 N–H and O–H groups in total. The van der Waals surface area contributed by atoms with Gasteiger partial charge in [0.1, 0.15) is 5.82 Å². The van der Waals surface area contributed by atoms with E-state index in [4.69, 9.17) is 4.74 Å². The summed E-state index contributed by atoms with van der Waals surface area (Å²) in [4.78, 5) is 6.78. The maximum atomic E-state index is 12.8. The quantitative estimate of drug-likeness (QED) is 0.864. The molecule has 0 aromatic carbocycles. The van der Waals surface area contributed by atoms with Crippen molar-refractivity contribution in [3.8, 4) is 5.88 Å². The van der Waals surface area contributed by atoms with Crippen LogP contribution < -0.4 is 14.4 Å². The molecule has 4 heterocycles. The first-order valence-electron chi connectivity index (χ1n) is 8.91. The highest BCUT2D eigenvalue weighted by Gasteiger charge is 2.30. The van der Waals surface area contributed by atoms with Gasteiger partial charge in [-0.15, -0.1) is 0 Å². The zero-order valence-corrected chi connectivity index (χ0v) is 15.6. The van der Waals surface area contributed by atoms with Crippen LogP contribution in [-0.4, -0.2) is 48.9 Å². The predicted octanol–water partition coefficient (Wildman–Crippen LogP) is 1.32. The standard InChI is InChI=1S/C17H23N5O3S/c1-13-3-4-16(18-11-13)21-8-5-14(6-9-21)20-26(23,24)15-12-19-22-7-2-10-25-17(15)22/h3-4,11-12,14,20H,2,5-10H2,1H3. The van der Waals surface area contributed by atoms with Gasteiger partial charge in [-0.25, -0.2) is 22.8 Å². The monoisotopic (exact) mass is 377 g/mol. The van der Waals surface area contributed by atoms with Crippen LogP contribution in [0.5, 0.6) is 5.88 Å². The Morgan fingerprint density at radius 3 is 2.73 bits per heavy atom. The molecule has 0 atom stereocenters. The van der Waals surface area contributed by atoms with Gasteiger partial charge in [-0.2, -0.15) is 5.10 Å². The number of aromatic nitrogens is 3. The molecule has 0 bridgehead atoms. The van der Waals surface area contributed by atoms with Gasteiger partial charge in [-0.05, 0) is 31.4 Å². The Hall–Kier alpha value is -2.13. The largest absolute Gasteiger partial charge is 0.477 e. The fourth-order valence-corrected chi connectivity index (χ4v) is 4.77. The lowest BCUT2D eigenvalue weighted by atomic mass is 10.1. The van der Waals surface area contributed by atoms with E-state index in [-0.39, 0.29) is 10.9 Å². The minimum Gasteiger partial charge on any atom is -0.477 e. The normalized spacial score (nSPS) is 18.4. The summed E-state index contributed by atoms with van der Waals surface area (Å²) in [5.41, 5.74) is 1.13. The number of nitrogens with one attached hydrogen (secondary N) is 1. The van der Waals surface area contributed by atoms with E-state index < -0.39 is 10.0 Å². The molecule has 2 aliphatic rings. The summed E-state index contributed by atoms with van der Waals surface area (Å²) in [6.07, 6.45) is 5.55. The third kappa shape index (κ3) is 3.41. The second-order valence-corrected chi connectivity index (χ2v) is 8.50. The topological polar surface area (TPSA) is 89.4 Å². The van der Waals surface area contributed by atoms with Gasteiger partial charge in [0.05, 0.1) is 12.8 Å². The van der Waals surface area contributed by atoms with Crippen LogP contribution in [0, 0.1) is 6.92 Å². The highest BCUT2D eigenvalue weighted by atomic mass is 32.2. The first-order valence-corrected chi connectivity index (χ1v) is 10.4. The van der Waals surface area contributed by atoms with E-state index in [9.17, 15) is 8.42 Å². The number of rotatable bonds is 4. The molecular formula is C17H23N5O3S. The highest BCUT2D eigenvalue weighted by Crippen LogP contribution is 2.27. The van der Waals surface area contributed by atoms with Crippen LogP contribution in [0.25, 0.3) is 0 Å². The van der Waals surface area contributed by atoms with E-state index in [1.54, 1.807) is 4.68 Å². The summed E-state index contributed by atoms with van der Waals surface area (Å²) in [5, 5.41) is 4.13. The minimum absolute atomic E-state index is 0.0964. The molecular weight excluding hydrogens is 354 g/mol. The van der Waals surface area contributed by atoms with Crippen LogP contribution in [-0.2, 0) is 16.6 Å². The Balaban J connectivity index is 1.41. The van der Waals surface area contributed by atoms with Gasteiger partial charge in [0.25, 0.3) is 0 Å². The number of nitrogens with zero attached hydrogens (tertiary/aromatic N) is 4. The molecule has 0 amide bonds. The van der Waals surface area contributed by atoms with Crippen LogP contribution in [0.4, 0.5) is 5.82 Å². The van der Waals surface area contributed by atoms with Crippen LogP contribution in [0.2, 0.25) is 0 Å². The molecule has 0 unspecified atom stereocenters. The van der Waals surface area contributed by atoms with Crippen molar-refractivity contribution in [2.75, 3.05) is 24.6 Å². The van der Waals surface area contributed by atoms with Crippen molar-refractivity contribution >= 4 is 15.8 Å². The number of piperidine rings is 1. The fraction of sp³-hybridized carbons (Fsp3) is 0.529. The van der Waals surface area contributed by atoms with Gasteiger partial charge < -0.3 is 9.64 Å². The highest BCUT2D eigenvalue weighted by molar-refractivity contribution is 7.89. The molecule has 2 aromatic heterocycles. The first-order chi connectivity index (χ1) is 12.5. The Morgan fingerprint density at radius 1 is 1.19 bits per heavy atom. The van der Waals surface area contributed by atoms with E-state index in [0.717, 1.165) is 43.7 Å². The molecule has 26 heavy (non-hydrogen) atoms. The number of hydrogen-bond acceptors (Lipinski definition) is 6. The molecule has 4 rings (SSSR count). The number of pyridine rings is 1. The third-order valence-electron chi connectivity index (χ3n) is 4.84. The van der Waals surface area contributed by atoms with Gasteiger partial charge in [0.2, 0.25) is 15.9 Å². The van der Waals surface area contributed by atoms with E-state index in [1.807, 2.05) is 25.3 Å². The van der Waals surface area contributed by atoms with Crippen molar-refractivity contribution in [2.45, 2.75) is 43.7 Å². The van der Waals surface area contributed by atoms with Crippen molar-refractivity contribution in [3.05, 3.63) is 30.1 Å². The number of ether oxygens (including phenoxy) is 1. The molecule has 0 radical (unpaired) electrons. The van der Waals surface area contributed by atoms with Crippen molar-refractivity contribution in [1.29, 1.82) is 0 Å². The van der Waals surface area contributed by atoms with Gasteiger partial charge in [0, 0.05) is 38.3 Å². The second-order valence-electron chi connectivity index (χ2n) is 6.82. The summed E-state index contributed by atoms with van der Waals surface area (Å²) in [6.45, 7) is 4.76. The lowest BCUT2D eigenvalue weighted by Crippen LogP contribution is -2.44. The van der Waals surface area contributed by atoms with Crippen LogP contribution >= 0.6 is 0 Å². The SMILES string of the molecule is Cc1ccc(N2CCC(NS(=O)(=O)c3cnn4c3OCCC4)CC2)nc1. The molecule has 140 valence electrons. The Morgan fingerprint density at radius 2 is 2.00 bits per heavy atom. The van der Waals surface area contributed by atoms with Crippen LogP contribution in [0.1, 0.15) is 24.8 Å². The molecule has 0 saturated carbocycles. The van der Waals surface area contributed by atoms with Gasteiger partial charge in [-0.1, -0.05) is 6.07 Å². The summed E-state index contributed by atoms with van der Waals surface area (Å²) < 4.78 is 35.5. The lowest BCUT2D eigenvalue weighted by molar-refractivity contribution is 0.224. The summed E-state index contributed by atoms with van der Waals surface area (Å²) in [5.74, 6) is 1.29. The Bertz CT molecular complexity index is 870. The van der Waals surface area contributed by atoms with Gasteiger partial charge in [0.15, 0.2) is 4.90 Å². The van der Waals surface area contributed by atoms with E-state index in [0.29, 0.717) is 19.0 Å². The number of anilines is 1.